The van der Waals surface area contributed by atoms with Crippen molar-refractivity contribution in [3.63, 3.8) is 0 Å². The lowest BCUT2D eigenvalue weighted by molar-refractivity contribution is -0.385. The molecule has 0 unspecified atom stereocenters. The van der Waals surface area contributed by atoms with Gasteiger partial charge in [-0.3, -0.25) is 19.8 Å². The lowest BCUT2D eigenvalue weighted by atomic mass is 10.1. The number of urea groups is 1. The Hall–Kier alpha value is -2.88. The molecule has 1 rings (SSSR count). The number of carbonyl (C=O) groups excluding carboxylic acids is 2. The van der Waals surface area contributed by atoms with E-state index < -0.39 is 16.9 Å². The van der Waals surface area contributed by atoms with E-state index in [1.165, 1.54) is 31.1 Å². The number of nitrogens with zero attached hydrogens (tertiary/aromatic N) is 3. The summed E-state index contributed by atoms with van der Waals surface area (Å²) in [5.41, 5.74) is -0.195. The first-order chi connectivity index (χ1) is 10.3. The van der Waals surface area contributed by atoms with Crippen molar-refractivity contribution in [3.05, 3.63) is 39.4 Å². The van der Waals surface area contributed by atoms with Crippen molar-refractivity contribution in [1.82, 2.24) is 9.80 Å². The molecule has 22 heavy (non-hydrogen) atoms. The second-order valence-corrected chi connectivity index (χ2v) is 4.77. The first-order valence-electron chi connectivity index (χ1n) is 6.61. The SMILES string of the molecule is C#Cc1ccc(C(=O)N(CCC)C(=O)N(C)C)cc1[N+](=O)[O-]. The van der Waals surface area contributed by atoms with Crippen molar-refractivity contribution in [2.75, 3.05) is 20.6 Å². The zero-order chi connectivity index (χ0) is 16.9. The van der Waals surface area contributed by atoms with E-state index in [9.17, 15) is 19.7 Å². The number of hydrogen-bond donors (Lipinski definition) is 0. The van der Waals surface area contributed by atoms with Crippen LogP contribution in [-0.4, -0.2) is 47.3 Å². The molecule has 0 aliphatic heterocycles. The maximum Gasteiger partial charge on any atom is 0.326 e. The molecule has 0 N–H and O–H groups in total. The van der Waals surface area contributed by atoms with Crippen LogP contribution in [0.4, 0.5) is 10.5 Å². The van der Waals surface area contributed by atoms with Crippen LogP contribution in [0.5, 0.6) is 0 Å². The number of imide groups is 1. The van der Waals surface area contributed by atoms with Gasteiger partial charge in [0.25, 0.3) is 11.6 Å². The van der Waals surface area contributed by atoms with Gasteiger partial charge < -0.3 is 4.90 Å². The lowest BCUT2D eigenvalue weighted by Gasteiger charge is -2.24. The van der Waals surface area contributed by atoms with Gasteiger partial charge in [0.1, 0.15) is 5.56 Å². The number of nitro benzene ring substituents is 1. The van der Waals surface area contributed by atoms with Gasteiger partial charge in [-0.25, -0.2) is 4.79 Å². The number of nitro groups is 1. The van der Waals surface area contributed by atoms with E-state index in [2.05, 4.69) is 5.92 Å². The van der Waals surface area contributed by atoms with Crippen LogP contribution in [0, 0.1) is 22.5 Å². The highest BCUT2D eigenvalue weighted by Gasteiger charge is 2.25. The van der Waals surface area contributed by atoms with Gasteiger partial charge in [0.2, 0.25) is 0 Å². The Balaban J connectivity index is 3.25. The summed E-state index contributed by atoms with van der Waals surface area (Å²) in [4.78, 5) is 37.2. The largest absolute Gasteiger partial charge is 0.330 e. The predicted molar refractivity (Wildman–Crippen MR) is 81.4 cm³/mol. The molecule has 0 bridgehead atoms. The van der Waals surface area contributed by atoms with Gasteiger partial charge in [0.15, 0.2) is 0 Å². The molecule has 7 nitrogen and oxygen atoms in total. The van der Waals surface area contributed by atoms with Crippen LogP contribution in [0.1, 0.15) is 29.3 Å². The summed E-state index contributed by atoms with van der Waals surface area (Å²) >= 11 is 0. The molecule has 116 valence electrons. The minimum Gasteiger partial charge on any atom is -0.330 e. The highest BCUT2D eigenvalue weighted by Crippen LogP contribution is 2.21. The first-order valence-corrected chi connectivity index (χ1v) is 6.61. The minimum atomic E-state index is -0.649. The number of terminal acetylenes is 1. The number of amides is 3. The summed E-state index contributed by atoms with van der Waals surface area (Å²) in [5.74, 6) is 1.61. The van der Waals surface area contributed by atoms with Gasteiger partial charge in [-0.1, -0.05) is 12.8 Å². The van der Waals surface area contributed by atoms with E-state index in [1.54, 1.807) is 0 Å². The zero-order valence-corrected chi connectivity index (χ0v) is 12.7. The molecule has 1 aromatic carbocycles. The van der Waals surface area contributed by atoms with Crippen LogP contribution in [-0.2, 0) is 0 Å². The molecule has 0 aromatic heterocycles. The van der Waals surface area contributed by atoms with Crippen molar-refractivity contribution in [3.8, 4) is 12.3 Å². The third-order valence-electron chi connectivity index (χ3n) is 2.90. The third kappa shape index (κ3) is 3.61. The van der Waals surface area contributed by atoms with Gasteiger partial charge in [0.05, 0.1) is 4.92 Å². The molecule has 0 spiro atoms. The molecule has 0 atom stereocenters. The van der Waals surface area contributed by atoms with Crippen molar-refractivity contribution >= 4 is 17.6 Å². The lowest BCUT2D eigenvalue weighted by Crippen LogP contribution is -2.43. The van der Waals surface area contributed by atoms with Gasteiger partial charge >= 0.3 is 6.03 Å². The van der Waals surface area contributed by atoms with Crippen LogP contribution < -0.4 is 0 Å². The molecule has 0 aliphatic rings. The number of rotatable bonds is 4. The fraction of sp³-hybridized carbons (Fsp3) is 0.333. The second-order valence-electron chi connectivity index (χ2n) is 4.77. The van der Waals surface area contributed by atoms with Crippen molar-refractivity contribution in [2.45, 2.75) is 13.3 Å². The fourth-order valence-corrected chi connectivity index (χ4v) is 1.84. The number of carbonyl (C=O) groups is 2. The minimum absolute atomic E-state index is 0.0503. The smallest absolute Gasteiger partial charge is 0.326 e. The maximum atomic E-state index is 12.5. The Kier molecular flexibility index (Phi) is 5.64. The van der Waals surface area contributed by atoms with Crippen LogP contribution in [0.2, 0.25) is 0 Å². The monoisotopic (exact) mass is 303 g/mol. The standard InChI is InChI=1S/C15H17N3O4/c1-5-9-17(15(20)16(3)4)14(19)12-8-7-11(6-2)13(10-12)18(21)22/h2,7-8,10H,5,9H2,1,3-4H3. The fourth-order valence-electron chi connectivity index (χ4n) is 1.84. The Morgan fingerprint density at radius 3 is 2.45 bits per heavy atom. The summed E-state index contributed by atoms with van der Waals surface area (Å²) in [6.45, 7) is 2.05. The molecule has 0 heterocycles. The van der Waals surface area contributed by atoms with E-state index in [-0.39, 0.29) is 23.4 Å². The molecular weight excluding hydrogens is 286 g/mol. The molecule has 0 radical (unpaired) electrons. The second kappa shape index (κ2) is 7.22. The average Bonchev–Trinajstić information content (AvgIpc) is 2.50. The Morgan fingerprint density at radius 2 is 2.00 bits per heavy atom. The molecule has 0 saturated heterocycles. The van der Waals surface area contributed by atoms with Crippen molar-refractivity contribution in [1.29, 1.82) is 0 Å². The van der Waals surface area contributed by atoms with Crippen LogP contribution in [0.3, 0.4) is 0 Å². The number of hydrogen-bond acceptors (Lipinski definition) is 4. The van der Waals surface area contributed by atoms with E-state index in [4.69, 9.17) is 6.42 Å². The van der Waals surface area contributed by atoms with E-state index in [0.717, 1.165) is 11.0 Å². The van der Waals surface area contributed by atoms with E-state index >= 15 is 0 Å². The maximum absolute atomic E-state index is 12.5. The highest BCUT2D eigenvalue weighted by atomic mass is 16.6. The summed E-state index contributed by atoms with van der Waals surface area (Å²) < 4.78 is 0. The molecule has 7 heteroatoms. The predicted octanol–water partition coefficient (Wildman–Crippen LogP) is 2.11. The van der Waals surface area contributed by atoms with Gasteiger partial charge in [0, 0.05) is 32.3 Å². The Bertz CT molecular complexity index is 647. The highest BCUT2D eigenvalue weighted by molar-refractivity contribution is 6.04. The molecule has 0 fully saturated rings. The van der Waals surface area contributed by atoms with Crippen LogP contribution in [0.25, 0.3) is 0 Å². The Labute approximate surface area is 128 Å². The molecular formula is C15H17N3O4. The normalized spacial score (nSPS) is 9.73. The summed E-state index contributed by atoms with van der Waals surface area (Å²) in [7, 11) is 3.06. The van der Waals surface area contributed by atoms with Gasteiger partial charge in [-0.05, 0) is 18.6 Å². The zero-order valence-electron chi connectivity index (χ0n) is 12.7. The van der Waals surface area contributed by atoms with Crippen molar-refractivity contribution < 1.29 is 14.5 Å². The van der Waals surface area contributed by atoms with Crippen LogP contribution >= 0.6 is 0 Å². The summed E-state index contributed by atoms with van der Waals surface area (Å²) in [6.07, 6.45) is 5.78. The van der Waals surface area contributed by atoms with E-state index in [0.29, 0.717) is 6.42 Å². The topological polar surface area (TPSA) is 83.8 Å². The van der Waals surface area contributed by atoms with E-state index in [1.807, 2.05) is 6.92 Å². The van der Waals surface area contributed by atoms with Gasteiger partial charge in [-0.2, -0.15) is 0 Å². The quantitative estimate of drug-likeness (QED) is 0.484. The Morgan fingerprint density at radius 1 is 1.36 bits per heavy atom. The molecule has 0 aliphatic carbocycles. The molecule has 1 aromatic rings. The van der Waals surface area contributed by atoms with Crippen molar-refractivity contribution in [2.24, 2.45) is 0 Å². The summed E-state index contributed by atoms with van der Waals surface area (Å²) in [6, 6.07) is 3.34. The number of benzene rings is 1. The summed E-state index contributed by atoms with van der Waals surface area (Å²) in [5, 5.41) is 11.0. The average molecular weight is 303 g/mol. The van der Waals surface area contributed by atoms with Crippen LogP contribution in [0.15, 0.2) is 18.2 Å². The first kappa shape index (κ1) is 17.2. The third-order valence-corrected chi connectivity index (χ3v) is 2.90. The molecule has 0 saturated carbocycles. The molecule has 3 amide bonds. The van der Waals surface area contributed by atoms with Gasteiger partial charge in [-0.15, -0.1) is 6.42 Å².